The molecule has 3 heterocycles. The van der Waals surface area contributed by atoms with Gasteiger partial charge in [0.15, 0.2) is 0 Å². The second-order valence-electron chi connectivity index (χ2n) is 7.13. The zero-order valence-electron chi connectivity index (χ0n) is 16.2. The predicted octanol–water partition coefficient (Wildman–Crippen LogP) is 3.55. The Labute approximate surface area is 169 Å². The molecule has 2 aromatic heterocycles. The maximum absolute atomic E-state index is 13.0. The monoisotopic (exact) mass is 397 g/mol. The molecule has 1 saturated heterocycles. The van der Waals surface area contributed by atoms with Gasteiger partial charge in [-0.25, -0.2) is 4.98 Å². The van der Waals surface area contributed by atoms with Crippen molar-refractivity contribution in [2.24, 2.45) is 0 Å². The maximum atomic E-state index is 13.0. The van der Waals surface area contributed by atoms with Crippen molar-refractivity contribution >= 4 is 34.5 Å². The average Bonchev–Trinajstić information content (AvgIpc) is 3.07. The Morgan fingerprint density at radius 1 is 1.14 bits per heavy atom. The van der Waals surface area contributed by atoms with Gasteiger partial charge in [0.25, 0.3) is 5.91 Å². The molecule has 3 aromatic rings. The van der Waals surface area contributed by atoms with Crippen LogP contribution in [0.3, 0.4) is 0 Å². The van der Waals surface area contributed by atoms with Crippen LogP contribution in [0.2, 0.25) is 5.02 Å². The zero-order valence-corrected chi connectivity index (χ0v) is 16.9. The van der Waals surface area contributed by atoms with Crippen molar-refractivity contribution in [3.05, 3.63) is 59.0 Å². The van der Waals surface area contributed by atoms with Gasteiger partial charge in [-0.3, -0.25) is 9.20 Å². The van der Waals surface area contributed by atoms with Gasteiger partial charge in [-0.1, -0.05) is 18.5 Å². The van der Waals surface area contributed by atoms with E-state index in [1.54, 1.807) is 22.7 Å². The highest BCUT2D eigenvalue weighted by atomic mass is 35.5. The summed E-state index contributed by atoms with van der Waals surface area (Å²) >= 11 is 6.06. The maximum Gasteiger partial charge on any atom is 0.274 e. The third-order valence-corrected chi connectivity index (χ3v) is 5.44. The second kappa shape index (κ2) is 7.81. The van der Waals surface area contributed by atoms with Crippen LogP contribution in [0.4, 0.5) is 11.4 Å². The Balaban J connectivity index is 1.53. The highest BCUT2D eigenvalue weighted by Gasteiger charge is 2.19. The molecule has 0 bridgehead atoms. The molecule has 4 rings (SSSR count). The first-order valence-corrected chi connectivity index (χ1v) is 9.94. The Morgan fingerprint density at radius 2 is 1.86 bits per heavy atom. The minimum absolute atomic E-state index is 0.168. The molecule has 6 nitrogen and oxygen atoms in total. The Hall–Kier alpha value is -2.57. The van der Waals surface area contributed by atoms with Gasteiger partial charge in [-0.15, -0.1) is 0 Å². The van der Waals surface area contributed by atoms with Gasteiger partial charge in [0.2, 0.25) is 0 Å². The number of piperazine rings is 1. The first-order valence-electron chi connectivity index (χ1n) is 9.56. The first kappa shape index (κ1) is 18.8. The largest absolute Gasteiger partial charge is 0.369 e. The molecule has 146 valence electrons. The molecule has 1 aliphatic heterocycles. The van der Waals surface area contributed by atoms with E-state index in [-0.39, 0.29) is 5.91 Å². The van der Waals surface area contributed by atoms with E-state index in [9.17, 15) is 4.79 Å². The number of halogens is 1. The lowest BCUT2D eigenvalue weighted by atomic mass is 10.2. The van der Waals surface area contributed by atoms with Crippen LogP contribution in [0.5, 0.6) is 0 Å². The van der Waals surface area contributed by atoms with Gasteiger partial charge < -0.3 is 15.1 Å². The van der Waals surface area contributed by atoms with E-state index < -0.39 is 0 Å². The summed E-state index contributed by atoms with van der Waals surface area (Å²) < 4.78 is 1.79. The van der Waals surface area contributed by atoms with Gasteiger partial charge >= 0.3 is 0 Å². The smallest absolute Gasteiger partial charge is 0.274 e. The lowest BCUT2D eigenvalue weighted by Gasteiger charge is -2.34. The first-order chi connectivity index (χ1) is 13.5. The molecular weight excluding hydrogens is 374 g/mol. The molecule has 0 radical (unpaired) electrons. The number of carbonyl (C=O) groups is 1. The quantitative estimate of drug-likeness (QED) is 0.731. The summed E-state index contributed by atoms with van der Waals surface area (Å²) in [5.41, 5.74) is 3.95. The van der Waals surface area contributed by atoms with Crippen molar-refractivity contribution in [2.75, 3.05) is 43.4 Å². The highest BCUT2D eigenvalue weighted by Crippen LogP contribution is 2.22. The minimum atomic E-state index is -0.168. The average molecular weight is 398 g/mol. The Bertz CT molecular complexity index is 990. The van der Waals surface area contributed by atoms with Gasteiger partial charge in [0.05, 0.1) is 5.69 Å². The van der Waals surface area contributed by atoms with Crippen molar-refractivity contribution in [1.29, 1.82) is 0 Å². The Morgan fingerprint density at radius 3 is 2.54 bits per heavy atom. The SMILES string of the molecule is CCc1nc2cc(Cl)ccn2c1C(=O)Nc1ccc(N2CCN(C)CC2)cc1. The standard InChI is InChI=1S/C21H24ClN5O/c1-3-18-20(27-9-8-15(22)14-19(27)24-18)21(28)23-16-4-6-17(7-5-16)26-12-10-25(2)11-13-26/h4-9,14H,3,10-13H2,1-2H3,(H,23,28). The molecule has 7 heteroatoms. The summed E-state index contributed by atoms with van der Waals surface area (Å²) in [7, 11) is 2.15. The number of benzene rings is 1. The fourth-order valence-corrected chi connectivity index (χ4v) is 3.72. The van der Waals surface area contributed by atoms with Crippen LogP contribution < -0.4 is 10.2 Å². The third kappa shape index (κ3) is 3.70. The topological polar surface area (TPSA) is 52.9 Å². The number of nitrogens with one attached hydrogen (secondary N) is 1. The summed E-state index contributed by atoms with van der Waals surface area (Å²) in [5.74, 6) is -0.168. The molecule has 0 unspecified atom stereocenters. The summed E-state index contributed by atoms with van der Waals surface area (Å²) in [6.45, 7) is 6.16. The number of rotatable bonds is 4. The van der Waals surface area contributed by atoms with Crippen LogP contribution in [0.1, 0.15) is 23.1 Å². The van der Waals surface area contributed by atoms with Gasteiger partial charge in [0, 0.05) is 54.8 Å². The Kier molecular flexibility index (Phi) is 5.24. The fraction of sp³-hybridized carbons (Fsp3) is 0.333. The minimum Gasteiger partial charge on any atom is -0.369 e. The molecular formula is C21H24ClN5O. The van der Waals surface area contributed by atoms with Crippen molar-refractivity contribution < 1.29 is 4.79 Å². The lowest BCUT2D eigenvalue weighted by Crippen LogP contribution is -2.44. The molecule has 1 amide bonds. The number of pyridine rings is 1. The molecule has 0 saturated carbocycles. The van der Waals surface area contributed by atoms with Gasteiger partial charge in [-0.2, -0.15) is 0 Å². The summed E-state index contributed by atoms with van der Waals surface area (Å²) in [4.78, 5) is 22.2. The molecule has 1 N–H and O–H groups in total. The van der Waals surface area contributed by atoms with E-state index in [0.29, 0.717) is 22.8 Å². The lowest BCUT2D eigenvalue weighted by molar-refractivity contribution is 0.102. The number of aromatic nitrogens is 2. The van der Waals surface area contributed by atoms with E-state index in [1.165, 1.54) is 5.69 Å². The van der Waals surface area contributed by atoms with E-state index >= 15 is 0 Å². The molecule has 28 heavy (non-hydrogen) atoms. The summed E-state index contributed by atoms with van der Waals surface area (Å²) in [6.07, 6.45) is 2.46. The van der Waals surface area contributed by atoms with Crippen molar-refractivity contribution in [3.8, 4) is 0 Å². The van der Waals surface area contributed by atoms with Crippen LogP contribution in [0, 0.1) is 0 Å². The summed E-state index contributed by atoms with van der Waals surface area (Å²) in [6, 6.07) is 11.6. The number of nitrogens with zero attached hydrogens (tertiary/aromatic N) is 4. The number of aryl methyl sites for hydroxylation is 1. The predicted molar refractivity (Wildman–Crippen MR) is 114 cm³/mol. The van der Waals surface area contributed by atoms with Crippen molar-refractivity contribution in [2.45, 2.75) is 13.3 Å². The number of carbonyl (C=O) groups excluding carboxylic acids is 1. The van der Waals surface area contributed by atoms with Crippen LogP contribution >= 0.6 is 11.6 Å². The molecule has 0 spiro atoms. The van der Waals surface area contributed by atoms with Crippen LogP contribution in [-0.2, 0) is 6.42 Å². The number of amides is 1. The third-order valence-electron chi connectivity index (χ3n) is 5.20. The van der Waals surface area contributed by atoms with Gasteiger partial charge in [0.1, 0.15) is 11.3 Å². The molecule has 1 aromatic carbocycles. The second-order valence-corrected chi connectivity index (χ2v) is 7.56. The van der Waals surface area contributed by atoms with Crippen LogP contribution in [-0.4, -0.2) is 53.4 Å². The normalized spacial score (nSPS) is 15.2. The number of likely N-dealkylation sites (N-methyl/N-ethyl adjacent to an activating group) is 1. The van der Waals surface area contributed by atoms with Crippen molar-refractivity contribution in [3.63, 3.8) is 0 Å². The zero-order chi connectivity index (χ0) is 19.7. The highest BCUT2D eigenvalue weighted by molar-refractivity contribution is 6.30. The van der Waals surface area contributed by atoms with Crippen LogP contribution in [0.25, 0.3) is 5.65 Å². The molecule has 1 fully saturated rings. The van der Waals surface area contributed by atoms with E-state index in [2.05, 4.69) is 39.3 Å². The van der Waals surface area contributed by atoms with E-state index in [0.717, 1.165) is 37.6 Å². The fourth-order valence-electron chi connectivity index (χ4n) is 3.57. The summed E-state index contributed by atoms with van der Waals surface area (Å²) in [5, 5.41) is 3.61. The van der Waals surface area contributed by atoms with E-state index in [4.69, 9.17) is 11.6 Å². The van der Waals surface area contributed by atoms with Crippen molar-refractivity contribution in [1.82, 2.24) is 14.3 Å². The number of imidazole rings is 1. The van der Waals surface area contributed by atoms with Gasteiger partial charge in [-0.05, 0) is 43.8 Å². The number of hydrogen-bond donors (Lipinski definition) is 1. The number of fused-ring (bicyclic) bond motifs is 1. The number of anilines is 2. The molecule has 0 atom stereocenters. The van der Waals surface area contributed by atoms with Crippen LogP contribution in [0.15, 0.2) is 42.6 Å². The number of hydrogen-bond acceptors (Lipinski definition) is 4. The molecule has 1 aliphatic rings. The van der Waals surface area contributed by atoms with E-state index in [1.807, 2.05) is 19.1 Å². The molecule has 0 aliphatic carbocycles.